The lowest BCUT2D eigenvalue weighted by atomic mass is 10.3. The zero-order valence-electron chi connectivity index (χ0n) is 10.7. The van der Waals surface area contributed by atoms with Gasteiger partial charge in [-0.25, -0.2) is 13.1 Å². The maximum absolute atomic E-state index is 11.8. The van der Waals surface area contributed by atoms with Gasteiger partial charge < -0.3 is 11.1 Å². The van der Waals surface area contributed by atoms with Crippen molar-refractivity contribution in [1.29, 1.82) is 0 Å². The third-order valence-electron chi connectivity index (χ3n) is 2.62. The van der Waals surface area contributed by atoms with E-state index in [9.17, 15) is 8.42 Å². The SMILES string of the molecule is CNc1nn(-c2ccc(Cl)cc2Cl)c(N)c1S(C)(=O)=O. The number of anilines is 2. The zero-order chi connectivity index (χ0) is 15.1. The van der Waals surface area contributed by atoms with Crippen LogP contribution in [0.15, 0.2) is 23.1 Å². The number of sulfone groups is 1. The number of nitrogen functional groups attached to an aromatic ring is 1. The Morgan fingerprint density at radius 3 is 2.45 bits per heavy atom. The average Bonchev–Trinajstić information content (AvgIpc) is 2.66. The molecule has 1 aromatic heterocycles. The predicted molar refractivity (Wildman–Crippen MR) is 80.7 cm³/mol. The van der Waals surface area contributed by atoms with Gasteiger partial charge in [0.1, 0.15) is 5.82 Å². The van der Waals surface area contributed by atoms with Crippen molar-refractivity contribution in [3.8, 4) is 5.69 Å². The van der Waals surface area contributed by atoms with Gasteiger partial charge in [0.25, 0.3) is 0 Å². The highest BCUT2D eigenvalue weighted by Gasteiger charge is 2.24. The predicted octanol–water partition coefficient (Wildman–Crippen LogP) is 2.21. The number of nitrogens with two attached hydrogens (primary N) is 1. The summed E-state index contributed by atoms with van der Waals surface area (Å²) in [4.78, 5) is -0.0639. The molecule has 20 heavy (non-hydrogen) atoms. The summed E-state index contributed by atoms with van der Waals surface area (Å²) >= 11 is 11.9. The van der Waals surface area contributed by atoms with Gasteiger partial charge in [0.15, 0.2) is 20.6 Å². The van der Waals surface area contributed by atoms with Crippen molar-refractivity contribution in [3.05, 3.63) is 28.2 Å². The highest BCUT2D eigenvalue weighted by Crippen LogP contribution is 2.32. The lowest BCUT2D eigenvalue weighted by Crippen LogP contribution is -2.06. The summed E-state index contributed by atoms with van der Waals surface area (Å²) in [5, 5.41) is 7.61. The van der Waals surface area contributed by atoms with Crippen molar-refractivity contribution >= 4 is 44.7 Å². The van der Waals surface area contributed by atoms with Crippen LogP contribution in [0.4, 0.5) is 11.6 Å². The number of rotatable bonds is 3. The molecule has 0 fully saturated rings. The molecule has 0 amide bonds. The summed E-state index contributed by atoms with van der Waals surface area (Å²) in [7, 11) is -1.96. The second kappa shape index (κ2) is 5.16. The van der Waals surface area contributed by atoms with Crippen molar-refractivity contribution in [2.45, 2.75) is 4.90 Å². The minimum atomic E-state index is -3.52. The topological polar surface area (TPSA) is 90.0 Å². The summed E-state index contributed by atoms with van der Waals surface area (Å²) < 4.78 is 24.8. The molecule has 0 spiro atoms. The summed E-state index contributed by atoms with van der Waals surface area (Å²) in [6.45, 7) is 0. The van der Waals surface area contributed by atoms with E-state index in [1.54, 1.807) is 19.2 Å². The first-order valence-electron chi connectivity index (χ1n) is 5.47. The maximum Gasteiger partial charge on any atom is 0.182 e. The van der Waals surface area contributed by atoms with Crippen molar-refractivity contribution < 1.29 is 8.42 Å². The highest BCUT2D eigenvalue weighted by molar-refractivity contribution is 7.91. The smallest absolute Gasteiger partial charge is 0.182 e. The molecular weight excluding hydrogens is 323 g/mol. The van der Waals surface area contributed by atoms with Crippen molar-refractivity contribution in [3.63, 3.8) is 0 Å². The van der Waals surface area contributed by atoms with Crippen LogP contribution in [-0.4, -0.2) is 31.5 Å². The van der Waals surface area contributed by atoms with Crippen LogP contribution in [0.2, 0.25) is 10.0 Å². The standard InChI is InChI=1S/C11H12Cl2N4O2S/c1-15-11-9(20(2,18)19)10(14)17(16-11)8-4-3-6(12)5-7(8)13/h3-5H,14H2,1-2H3,(H,15,16). The Kier molecular flexibility index (Phi) is 3.86. The third kappa shape index (κ3) is 2.56. The molecule has 0 saturated heterocycles. The average molecular weight is 335 g/mol. The van der Waals surface area contributed by atoms with E-state index in [0.29, 0.717) is 15.7 Å². The fraction of sp³-hybridized carbons (Fsp3) is 0.182. The second-order valence-corrected chi connectivity index (χ2v) is 6.89. The van der Waals surface area contributed by atoms with Gasteiger partial charge >= 0.3 is 0 Å². The summed E-state index contributed by atoms with van der Waals surface area (Å²) in [5.74, 6) is 0.150. The second-order valence-electron chi connectivity index (χ2n) is 4.09. The summed E-state index contributed by atoms with van der Waals surface area (Å²) in [6, 6.07) is 4.75. The quantitative estimate of drug-likeness (QED) is 0.897. The number of nitrogens with zero attached hydrogens (tertiary/aromatic N) is 2. The van der Waals surface area contributed by atoms with E-state index in [1.165, 1.54) is 10.7 Å². The molecule has 1 aromatic carbocycles. The number of benzene rings is 1. The minimum Gasteiger partial charge on any atom is -0.382 e. The van der Waals surface area contributed by atoms with Crippen LogP contribution in [0.25, 0.3) is 5.69 Å². The molecule has 0 atom stereocenters. The Labute approximate surface area is 126 Å². The Hall–Kier alpha value is -1.44. The van der Waals surface area contributed by atoms with E-state index in [4.69, 9.17) is 28.9 Å². The maximum atomic E-state index is 11.8. The summed E-state index contributed by atoms with van der Waals surface area (Å²) in [5.41, 5.74) is 6.34. The number of hydrogen-bond acceptors (Lipinski definition) is 5. The Morgan fingerprint density at radius 1 is 1.35 bits per heavy atom. The van der Waals surface area contributed by atoms with Crippen LogP contribution < -0.4 is 11.1 Å². The van der Waals surface area contributed by atoms with Gasteiger partial charge in [-0.2, -0.15) is 0 Å². The van der Waals surface area contributed by atoms with Crippen LogP contribution in [0.3, 0.4) is 0 Å². The van der Waals surface area contributed by atoms with Crippen LogP contribution in [0.1, 0.15) is 0 Å². The molecule has 0 radical (unpaired) electrons. The molecule has 2 aromatic rings. The first kappa shape index (κ1) is 15.0. The van der Waals surface area contributed by atoms with Crippen LogP contribution in [0, 0.1) is 0 Å². The van der Waals surface area contributed by atoms with Crippen LogP contribution in [-0.2, 0) is 9.84 Å². The third-order valence-corrected chi connectivity index (χ3v) is 4.30. The highest BCUT2D eigenvalue weighted by atomic mass is 35.5. The number of halogens is 2. The van der Waals surface area contributed by atoms with E-state index in [1.807, 2.05) is 0 Å². The molecular formula is C11H12Cl2N4O2S. The Morgan fingerprint density at radius 2 is 2.00 bits per heavy atom. The van der Waals surface area contributed by atoms with E-state index < -0.39 is 9.84 Å². The van der Waals surface area contributed by atoms with Crippen molar-refractivity contribution in [2.24, 2.45) is 0 Å². The normalized spacial score (nSPS) is 11.6. The molecule has 3 N–H and O–H groups in total. The number of aromatic nitrogens is 2. The molecule has 0 saturated carbocycles. The molecule has 2 rings (SSSR count). The van der Waals surface area contributed by atoms with Crippen LogP contribution in [0.5, 0.6) is 0 Å². The summed E-state index contributed by atoms with van der Waals surface area (Å²) in [6.07, 6.45) is 1.06. The van der Waals surface area contributed by atoms with Gasteiger partial charge in [0.05, 0.1) is 10.7 Å². The van der Waals surface area contributed by atoms with Gasteiger partial charge in [0.2, 0.25) is 0 Å². The Bertz CT molecular complexity index is 771. The Balaban J connectivity index is 2.74. The molecule has 1 heterocycles. The first-order valence-corrected chi connectivity index (χ1v) is 8.12. The fourth-order valence-corrected chi connectivity index (χ4v) is 3.23. The molecule has 9 heteroatoms. The lowest BCUT2D eigenvalue weighted by molar-refractivity contribution is 0.602. The molecule has 0 unspecified atom stereocenters. The van der Waals surface area contributed by atoms with Crippen LogP contribution >= 0.6 is 23.2 Å². The van der Waals surface area contributed by atoms with E-state index in [-0.39, 0.29) is 16.5 Å². The van der Waals surface area contributed by atoms with Crippen molar-refractivity contribution in [2.75, 3.05) is 24.4 Å². The van der Waals surface area contributed by atoms with Gasteiger partial charge in [-0.15, -0.1) is 5.10 Å². The van der Waals surface area contributed by atoms with Gasteiger partial charge in [0, 0.05) is 18.3 Å². The minimum absolute atomic E-state index is 0.0129. The van der Waals surface area contributed by atoms with E-state index in [2.05, 4.69) is 10.4 Å². The monoisotopic (exact) mass is 334 g/mol. The molecule has 108 valence electrons. The lowest BCUT2D eigenvalue weighted by Gasteiger charge is -2.06. The molecule has 0 aliphatic carbocycles. The molecule has 0 aliphatic rings. The molecule has 0 aliphatic heterocycles. The number of nitrogens with one attached hydrogen (secondary N) is 1. The molecule has 6 nitrogen and oxygen atoms in total. The zero-order valence-corrected chi connectivity index (χ0v) is 13.0. The number of hydrogen-bond donors (Lipinski definition) is 2. The first-order chi connectivity index (χ1) is 9.25. The van der Waals surface area contributed by atoms with Crippen molar-refractivity contribution in [1.82, 2.24) is 9.78 Å². The fourth-order valence-electron chi connectivity index (χ4n) is 1.78. The van der Waals surface area contributed by atoms with Gasteiger partial charge in [-0.3, -0.25) is 0 Å². The van der Waals surface area contributed by atoms with Gasteiger partial charge in [-0.05, 0) is 18.2 Å². The largest absolute Gasteiger partial charge is 0.382 e. The van der Waals surface area contributed by atoms with E-state index >= 15 is 0 Å². The van der Waals surface area contributed by atoms with E-state index in [0.717, 1.165) is 6.26 Å². The van der Waals surface area contributed by atoms with Gasteiger partial charge in [-0.1, -0.05) is 23.2 Å². The molecule has 0 bridgehead atoms.